The molecule has 0 spiro atoms. The maximum absolute atomic E-state index is 11.7. The average Bonchev–Trinajstić information content (AvgIpc) is 2.78. The van der Waals surface area contributed by atoms with E-state index in [4.69, 9.17) is 21.1 Å². The summed E-state index contributed by atoms with van der Waals surface area (Å²) in [7, 11) is 0. The van der Waals surface area contributed by atoms with Crippen LogP contribution in [0.15, 0.2) is 42.0 Å². The van der Waals surface area contributed by atoms with Gasteiger partial charge in [0.25, 0.3) is 0 Å². The molecule has 1 aliphatic rings. The van der Waals surface area contributed by atoms with Gasteiger partial charge in [0, 0.05) is 11.1 Å². The number of hydrogen-bond acceptors (Lipinski definition) is 4. The molecule has 1 atom stereocenters. The number of hydrogen-bond donors (Lipinski definition) is 0. The molecule has 1 unspecified atom stereocenters. The molecule has 4 nitrogen and oxygen atoms in total. The number of cyclic esters (lactones) is 1. The third kappa shape index (κ3) is 3.48. The zero-order valence-electron chi connectivity index (χ0n) is 10.8. The Hall–Kier alpha value is -2.07. The largest absolute Gasteiger partial charge is 0.458 e. The van der Waals surface area contributed by atoms with Crippen molar-refractivity contribution in [3.05, 3.63) is 52.6 Å². The van der Waals surface area contributed by atoms with E-state index in [9.17, 15) is 9.59 Å². The summed E-state index contributed by atoms with van der Waals surface area (Å²) < 4.78 is 9.99. The van der Waals surface area contributed by atoms with Gasteiger partial charge in [-0.3, -0.25) is 0 Å². The number of benzene rings is 1. The van der Waals surface area contributed by atoms with Crippen molar-refractivity contribution < 1.29 is 19.1 Å². The smallest absolute Gasteiger partial charge is 0.337 e. The molecule has 0 aliphatic carbocycles. The number of ether oxygens (including phenoxy) is 2. The molecule has 1 aliphatic heterocycles. The van der Waals surface area contributed by atoms with Gasteiger partial charge in [0.05, 0.1) is 5.57 Å². The molecule has 5 heteroatoms. The van der Waals surface area contributed by atoms with E-state index in [1.807, 2.05) is 0 Å². The third-order valence-electron chi connectivity index (χ3n) is 2.80. The van der Waals surface area contributed by atoms with Crippen LogP contribution < -0.4 is 0 Å². The first-order valence-electron chi connectivity index (χ1n) is 6.07. The Bertz CT molecular complexity index is 572. The van der Waals surface area contributed by atoms with E-state index in [1.165, 1.54) is 6.08 Å². The van der Waals surface area contributed by atoms with Crippen LogP contribution in [0.25, 0.3) is 6.08 Å². The summed E-state index contributed by atoms with van der Waals surface area (Å²) in [6, 6.07) is 7.03. The highest BCUT2D eigenvalue weighted by Gasteiger charge is 2.32. The van der Waals surface area contributed by atoms with Crippen LogP contribution in [-0.4, -0.2) is 24.6 Å². The van der Waals surface area contributed by atoms with Crippen molar-refractivity contribution in [1.29, 1.82) is 0 Å². The fourth-order valence-corrected chi connectivity index (χ4v) is 1.90. The van der Waals surface area contributed by atoms with E-state index < -0.39 is 18.0 Å². The van der Waals surface area contributed by atoms with Crippen molar-refractivity contribution in [2.45, 2.75) is 13.0 Å². The summed E-state index contributed by atoms with van der Waals surface area (Å²) in [5.74, 6) is -0.963. The monoisotopic (exact) mass is 292 g/mol. The normalized spacial score (nSPS) is 20.4. The number of halogens is 1. The lowest BCUT2D eigenvalue weighted by Gasteiger charge is -2.07. The summed E-state index contributed by atoms with van der Waals surface area (Å²) in [6.07, 6.45) is 3.89. The fraction of sp³-hybridized carbons (Fsp3) is 0.200. The van der Waals surface area contributed by atoms with Gasteiger partial charge in [-0.2, -0.15) is 0 Å². The van der Waals surface area contributed by atoms with Crippen molar-refractivity contribution in [2.24, 2.45) is 0 Å². The topological polar surface area (TPSA) is 52.6 Å². The van der Waals surface area contributed by atoms with E-state index >= 15 is 0 Å². The molecule has 1 aromatic carbocycles. The van der Waals surface area contributed by atoms with E-state index in [0.29, 0.717) is 10.6 Å². The molecule has 1 saturated heterocycles. The zero-order chi connectivity index (χ0) is 14.5. The Morgan fingerprint density at radius 3 is 2.75 bits per heavy atom. The maximum atomic E-state index is 11.7. The molecule has 1 aromatic rings. The molecule has 20 heavy (non-hydrogen) atoms. The van der Waals surface area contributed by atoms with Crippen LogP contribution in [0.2, 0.25) is 5.02 Å². The Morgan fingerprint density at radius 1 is 1.40 bits per heavy atom. The minimum absolute atomic E-state index is 0.0685. The fourth-order valence-electron chi connectivity index (χ4n) is 1.77. The number of carbonyl (C=O) groups is 2. The predicted molar refractivity (Wildman–Crippen MR) is 75.1 cm³/mol. The molecule has 0 N–H and O–H groups in total. The van der Waals surface area contributed by atoms with Crippen LogP contribution in [0.4, 0.5) is 0 Å². The van der Waals surface area contributed by atoms with Crippen LogP contribution in [0, 0.1) is 0 Å². The molecular weight excluding hydrogens is 280 g/mol. The third-order valence-corrected chi connectivity index (χ3v) is 3.05. The lowest BCUT2D eigenvalue weighted by Crippen LogP contribution is -2.18. The highest BCUT2D eigenvalue weighted by atomic mass is 35.5. The van der Waals surface area contributed by atoms with Gasteiger partial charge in [0.1, 0.15) is 6.61 Å². The molecule has 0 amide bonds. The van der Waals surface area contributed by atoms with Gasteiger partial charge in [-0.15, -0.1) is 0 Å². The molecule has 104 valence electrons. The SMILES string of the molecule is C/C=C1/C(=O)OCC1OC(=O)/C=C/c1ccc(Cl)cc1. The highest BCUT2D eigenvalue weighted by molar-refractivity contribution is 6.30. The first-order valence-corrected chi connectivity index (χ1v) is 6.45. The molecule has 0 bridgehead atoms. The van der Waals surface area contributed by atoms with Gasteiger partial charge in [-0.1, -0.05) is 29.8 Å². The average molecular weight is 293 g/mol. The molecule has 1 fully saturated rings. The molecule has 0 aromatic heterocycles. The van der Waals surface area contributed by atoms with Crippen LogP contribution in [0.5, 0.6) is 0 Å². The van der Waals surface area contributed by atoms with Crippen LogP contribution in [0.3, 0.4) is 0 Å². The van der Waals surface area contributed by atoms with Gasteiger partial charge in [-0.05, 0) is 30.7 Å². The molecule has 1 heterocycles. The summed E-state index contributed by atoms with van der Waals surface area (Å²) >= 11 is 5.77. The van der Waals surface area contributed by atoms with Gasteiger partial charge in [0.15, 0.2) is 6.10 Å². The van der Waals surface area contributed by atoms with E-state index in [1.54, 1.807) is 43.3 Å². The van der Waals surface area contributed by atoms with E-state index in [2.05, 4.69) is 0 Å². The number of esters is 2. The van der Waals surface area contributed by atoms with Crippen molar-refractivity contribution in [1.82, 2.24) is 0 Å². The van der Waals surface area contributed by atoms with Gasteiger partial charge in [0.2, 0.25) is 0 Å². The predicted octanol–water partition coefficient (Wildman–Crippen LogP) is 2.77. The van der Waals surface area contributed by atoms with E-state index in [-0.39, 0.29) is 6.61 Å². The Morgan fingerprint density at radius 2 is 2.10 bits per heavy atom. The summed E-state index contributed by atoms with van der Waals surface area (Å²) in [6.45, 7) is 1.77. The lowest BCUT2D eigenvalue weighted by molar-refractivity contribution is -0.142. The molecular formula is C15H13ClO4. The van der Waals surface area contributed by atoms with E-state index in [0.717, 1.165) is 5.56 Å². The van der Waals surface area contributed by atoms with Crippen molar-refractivity contribution in [3.8, 4) is 0 Å². The standard InChI is InChI=1S/C15H13ClO4/c1-2-12-13(9-19-15(12)18)20-14(17)8-5-10-3-6-11(16)7-4-10/h2-8,13H,9H2,1H3/b8-5+,12-2+. The van der Waals surface area contributed by atoms with Crippen LogP contribution in [-0.2, 0) is 19.1 Å². The molecule has 0 saturated carbocycles. The van der Waals surface area contributed by atoms with Gasteiger partial charge in [-0.25, -0.2) is 9.59 Å². The second-order valence-electron chi connectivity index (χ2n) is 4.15. The van der Waals surface area contributed by atoms with Crippen LogP contribution >= 0.6 is 11.6 Å². The second kappa shape index (κ2) is 6.39. The minimum Gasteiger partial charge on any atom is -0.458 e. The molecule has 0 radical (unpaired) electrons. The zero-order valence-corrected chi connectivity index (χ0v) is 11.6. The number of carbonyl (C=O) groups excluding carboxylic acids is 2. The Balaban J connectivity index is 1.96. The summed E-state index contributed by atoms with van der Waals surface area (Å²) in [4.78, 5) is 23.0. The van der Waals surface area contributed by atoms with Crippen molar-refractivity contribution >= 4 is 29.6 Å². The summed E-state index contributed by atoms with van der Waals surface area (Å²) in [5.41, 5.74) is 1.20. The summed E-state index contributed by atoms with van der Waals surface area (Å²) in [5, 5.41) is 0.629. The highest BCUT2D eigenvalue weighted by Crippen LogP contribution is 2.18. The number of rotatable bonds is 3. The van der Waals surface area contributed by atoms with Crippen molar-refractivity contribution in [2.75, 3.05) is 6.61 Å². The van der Waals surface area contributed by atoms with Crippen molar-refractivity contribution in [3.63, 3.8) is 0 Å². The van der Waals surface area contributed by atoms with Gasteiger partial charge >= 0.3 is 11.9 Å². The van der Waals surface area contributed by atoms with Gasteiger partial charge < -0.3 is 9.47 Å². The second-order valence-corrected chi connectivity index (χ2v) is 4.59. The Kier molecular flexibility index (Phi) is 4.58. The lowest BCUT2D eigenvalue weighted by atomic mass is 10.2. The first-order chi connectivity index (χ1) is 9.60. The maximum Gasteiger partial charge on any atom is 0.337 e. The number of allylic oxidation sites excluding steroid dienone is 1. The first kappa shape index (κ1) is 14.3. The van der Waals surface area contributed by atoms with Crippen LogP contribution in [0.1, 0.15) is 12.5 Å². The minimum atomic E-state index is -0.630. The molecule has 2 rings (SSSR count). The Labute approximate surface area is 121 Å². The quantitative estimate of drug-likeness (QED) is 0.635.